The number of ether oxygens (including phenoxy) is 1. The van der Waals surface area contributed by atoms with Crippen molar-refractivity contribution in [1.29, 1.82) is 0 Å². The summed E-state index contributed by atoms with van der Waals surface area (Å²) in [6, 6.07) is 9.54. The van der Waals surface area contributed by atoms with Gasteiger partial charge in [-0.3, -0.25) is 0 Å². The van der Waals surface area contributed by atoms with Gasteiger partial charge in [-0.1, -0.05) is 0 Å². The molecule has 3 rings (SSSR count). The number of anilines is 2. The van der Waals surface area contributed by atoms with E-state index in [1.165, 1.54) is 0 Å². The van der Waals surface area contributed by atoms with Crippen molar-refractivity contribution in [2.24, 2.45) is 0 Å². The fourth-order valence-corrected chi connectivity index (χ4v) is 1.70. The zero-order chi connectivity index (χ0) is 12.4. The van der Waals surface area contributed by atoms with Crippen LogP contribution >= 0.6 is 0 Å². The SMILES string of the molecule is COc1ccc(Nc2ncc3cc[nH]c3n2)cc1. The van der Waals surface area contributed by atoms with Gasteiger partial charge in [0.05, 0.1) is 7.11 Å². The number of hydrogen-bond donors (Lipinski definition) is 2. The Morgan fingerprint density at radius 2 is 2.00 bits per heavy atom. The lowest BCUT2D eigenvalue weighted by Crippen LogP contribution is -1.96. The second kappa shape index (κ2) is 4.37. The predicted octanol–water partition coefficient (Wildman–Crippen LogP) is 2.71. The van der Waals surface area contributed by atoms with Crippen LogP contribution < -0.4 is 10.1 Å². The lowest BCUT2D eigenvalue weighted by atomic mass is 10.3. The largest absolute Gasteiger partial charge is 0.497 e. The highest BCUT2D eigenvalue weighted by atomic mass is 16.5. The minimum absolute atomic E-state index is 0.565. The first-order valence-electron chi connectivity index (χ1n) is 5.56. The van der Waals surface area contributed by atoms with Gasteiger partial charge < -0.3 is 15.0 Å². The molecule has 0 unspecified atom stereocenters. The van der Waals surface area contributed by atoms with E-state index in [-0.39, 0.29) is 0 Å². The molecule has 0 aliphatic carbocycles. The minimum Gasteiger partial charge on any atom is -0.497 e. The maximum atomic E-state index is 5.10. The smallest absolute Gasteiger partial charge is 0.229 e. The first-order chi connectivity index (χ1) is 8.85. The summed E-state index contributed by atoms with van der Waals surface area (Å²) in [5.74, 6) is 1.39. The Bertz CT molecular complexity index is 660. The number of benzene rings is 1. The van der Waals surface area contributed by atoms with Gasteiger partial charge >= 0.3 is 0 Å². The quantitative estimate of drug-likeness (QED) is 0.738. The van der Waals surface area contributed by atoms with Crippen LogP contribution in [0.4, 0.5) is 11.6 Å². The minimum atomic E-state index is 0.565. The lowest BCUT2D eigenvalue weighted by Gasteiger charge is -2.05. The molecule has 0 aliphatic heterocycles. The molecule has 0 radical (unpaired) electrons. The molecule has 0 fully saturated rings. The fraction of sp³-hybridized carbons (Fsp3) is 0.0769. The van der Waals surface area contributed by atoms with Crippen LogP contribution in [0.25, 0.3) is 11.0 Å². The Morgan fingerprint density at radius 3 is 2.78 bits per heavy atom. The van der Waals surface area contributed by atoms with E-state index in [9.17, 15) is 0 Å². The number of H-pyrrole nitrogens is 1. The van der Waals surface area contributed by atoms with Crippen molar-refractivity contribution in [1.82, 2.24) is 15.0 Å². The Morgan fingerprint density at radius 1 is 1.17 bits per heavy atom. The van der Waals surface area contributed by atoms with Crippen molar-refractivity contribution in [3.63, 3.8) is 0 Å². The number of aromatic nitrogens is 3. The molecule has 0 saturated carbocycles. The standard InChI is InChI=1S/C13H12N4O/c1-18-11-4-2-10(3-5-11)16-13-15-8-9-6-7-14-12(9)17-13/h2-8H,1H3,(H2,14,15,16,17). The van der Waals surface area contributed by atoms with E-state index in [0.717, 1.165) is 22.5 Å². The van der Waals surface area contributed by atoms with Crippen LogP contribution in [0.5, 0.6) is 5.75 Å². The number of nitrogens with one attached hydrogen (secondary N) is 2. The molecular formula is C13H12N4O. The molecule has 2 heterocycles. The zero-order valence-electron chi connectivity index (χ0n) is 9.84. The lowest BCUT2D eigenvalue weighted by molar-refractivity contribution is 0.415. The summed E-state index contributed by atoms with van der Waals surface area (Å²) in [5.41, 5.74) is 1.74. The van der Waals surface area contributed by atoms with Crippen molar-refractivity contribution < 1.29 is 4.74 Å². The molecule has 0 saturated heterocycles. The number of hydrogen-bond acceptors (Lipinski definition) is 4. The first-order valence-corrected chi connectivity index (χ1v) is 5.56. The first kappa shape index (κ1) is 10.6. The highest BCUT2D eigenvalue weighted by Crippen LogP contribution is 2.18. The molecule has 18 heavy (non-hydrogen) atoms. The van der Waals surface area contributed by atoms with Crippen LogP contribution in [-0.4, -0.2) is 22.1 Å². The monoisotopic (exact) mass is 240 g/mol. The van der Waals surface area contributed by atoms with Gasteiger partial charge in [0.15, 0.2) is 0 Å². The molecule has 0 aliphatic rings. The van der Waals surface area contributed by atoms with Crippen LogP contribution in [0.2, 0.25) is 0 Å². The van der Waals surface area contributed by atoms with Crippen LogP contribution in [-0.2, 0) is 0 Å². The molecule has 5 heteroatoms. The number of rotatable bonds is 3. The number of methoxy groups -OCH3 is 1. The van der Waals surface area contributed by atoms with E-state index in [1.54, 1.807) is 13.3 Å². The third-order valence-electron chi connectivity index (χ3n) is 2.65. The molecule has 0 bridgehead atoms. The Labute approximate surface area is 104 Å². The molecule has 0 spiro atoms. The topological polar surface area (TPSA) is 62.8 Å². The molecule has 2 aromatic heterocycles. The molecule has 2 N–H and O–H groups in total. The summed E-state index contributed by atoms with van der Waals surface area (Å²) in [5, 5.41) is 4.14. The number of nitrogens with zero attached hydrogens (tertiary/aromatic N) is 2. The molecular weight excluding hydrogens is 228 g/mol. The maximum Gasteiger partial charge on any atom is 0.229 e. The normalized spacial score (nSPS) is 10.5. The Kier molecular flexibility index (Phi) is 2.57. The van der Waals surface area contributed by atoms with Gasteiger partial charge in [-0.15, -0.1) is 0 Å². The summed E-state index contributed by atoms with van der Waals surface area (Å²) < 4.78 is 5.10. The van der Waals surface area contributed by atoms with E-state index >= 15 is 0 Å². The van der Waals surface area contributed by atoms with Crippen LogP contribution in [0.15, 0.2) is 42.7 Å². The third kappa shape index (κ3) is 1.98. The van der Waals surface area contributed by atoms with Gasteiger partial charge in [0.2, 0.25) is 5.95 Å². The fourth-order valence-electron chi connectivity index (χ4n) is 1.70. The van der Waals surface area contributed by atoms with Gasteiger partial charge in [-0.25, -0.2) is 4.98 Å². The molecule has 1 aromatic carbocycles. The van der Waals surface area contributed by atoms with Crippen LogP contribution in [0.3, 0.4) is 0 Å². The van der Waals surface area contributed by atoms with Gasteiger partial charge in [0, 0.05) is 23.5 Å². The van der Waals surface area contributed by atoms with Crippen LogP contribution in [0.1, 0.15) is 0 Å². The molecule has 0 amide bonds. The van der Waals surface area contributed by atoms with Crippen molar-refractivity contribution in [2.75, 3.05) is 12.4 Å². The van der Waals surface area contributed by atoms with E-state index in [1.807, 2.05) is 36.5 Å². The van der Waals surface area contributed by atoms with E-state index < -0.39 is 0 Å². The van der Waals surface area contributed by atoms with Gasteiger partial charge in [-0.2, -0.15) is 4.98 Å². The molecule has 5 nitrogen and oxygen atoms in total. The average Bonchev–Trinajstić information content (AvgIpc) is 2.87. The highest BCUT2D eigenvalue weighted by Gasteiger charge is 2.01. The van der Waals surface area contributed by atoms with Crippen molar-refractivity contribution in [2.45, 2.75) is 0 Å². The van der Waals surface area contributed by atoms with Crippen molar-refractivity contribution in [3.05, 3.63) is 42.7 Å². The van der Waals surface area contributed by atoms with Crippen molar-refractivity contribution >= 4 is 22.7 Å². The molecule has 0 atom stereocenters. The Balaban J connectivity index is 1.85. The van der Waals surface area contributed by atoms with Gasteiger partial charge in [0.1, 0.15) is 11.4 Å². The predicted molar refractivity (Wildman–Crippen MR) is 70.2 cm³/mol. The van der Waals surface area contributed by atoms with E-state index in [4.69, 9.17) is 4.74 Å². The average molecular weight is 240 g/mol. The summed E-state index contributed by atoms with van der Waals surface area (Å²) in [6.07, 6.45) is 3.63. The summed E-state index contributed by atoms with van der Waals surface area (Å²) >= 11 is 0. The van der Waals surface area contributed by atoms with E-state index in [2.05, 4.69) is 20.3 Å². The second-order valence-corrected chi connectivity index (χ2v) is 3.83. The number of fused-ring (bicyclic) bond motifs is 1. The third-order valence-corrected chi connectivity index (χ3v) is 2.65. The second-order valence-electron chi connectivity index (χ2n) is 3.83. The van der Waals surface area contributed by atoms with Gasteiger partial charge in [-0.05, 0) is 30.3 Å². The van der Waals surface area contributed by atoms with Crippen molar-refractivity contribution in [3.8, 4) is 5.75 Å². The Hall–Kier alpha value is -2.56. The zero-order valence-corrected chi connectivity index (χ0v) is 9.84. The maximum absolute atomic E-state index is 5.10. The summed E-state index contributed by atoms with van der Waals surface area (Å²) in [4.78, 5) is 11.7. The van der Waals surface area contributed by atoms with E-state index in [0.29, 0.717) is 5.95 Å². The summed E-state index contributed by atoms with van der Waals surface area (Å²) in [7, 11) is 1.64. The number of aromatic amines is 1. The summed E-state index contributed by atoms with van der Waals surface area (Å²) in [6.45, 7) is 0. The molecule has 3 aromatic rings. The van der Waals surface area contributed by atoms with Gasteiger partial charge in [0.25, 0.3) is 0 Å². The highest BCUT2D eigenvalue weighted by molar-refractivity contribution is 5.75. The van der Waals surface area contributed by atoms with Crippen LogP contribution in [0, 0.1) is 0 Å². The molecule has 90 valence electrons.